The summed E-state index contributed by atoms with van der Waals surface area (Å²) >= 11 is 0. The van der Waals surface area contributed by atoms with Crippen LogP contribution in [0.4, 0.5) is 0 Å². The van der Waals surface area contributed by atoms with E-state index in [1.54, 1.807) is 14.0 Å². The molecule has 3 atom stereocenters. The predicted molar refractivity (Wildman–Crippen MR) is 79.8 cm³/mol. The average Bonchev–Trinajstić information content (AvgIpc) is 2.54. The lowest BCUT2D eigenvalue weighted by Gasteiger charge is -2.30. The molecule has 1 aromatic carbocycles. The summed E-state index contributed by atoms with van der Waals surface area (Å²) < 4.78 is 16.5. The van der Waals surface area contributed by atoms with Crippen LogP contribution in [0.25, 0.3) is 0 Å². The van der Waals surface area contributed by atoms with Gasteiger partial charge in [-0.25, -0.2) is 4.79 Å². The fourth-order valence-electron chi connectivity index (χ4n) is 2.58. The van der Waals surface area contributed by atoms with Gasteiger partial charge in [0.2, 0.25) is 0 Å². The van der Waals surface area contributed by atoms with Crippen LogP contribution in [0.15, 0.2) is 30.3 Å². The summed E-state index contributed by atoms with van der Waals surface area (Å²) in [6, 6.07) is 9.80. The summed E-state index contributed by atoms with van der Waals surface area (Å²) in [5.74, 6) is -0.306. The van der Waals surface area contributed by atoms with E-state index in [-0.39, 0.29) is 18.2 Å². The molecule has 4 heteroatoms. The second-order valence-corrected chi connectivity index (χ2v) is 5.47. The van der Waals surface area contributed by atoms with E-state index in [2.05, 4.69) is 0 Å². The van der Waals surface area contributed by atoms with Crippen molar-refractivity contribution in [3.05, 3.63) is 35.9 Å². The van der Waals surface area contributed by atoms with Gasteiger partial charge >= 0.3 is 5.97 Å². The van der Waals surface area contributed by atoms with Gasteiger partial charge in [0.1, 0.15) is 6.10 Å². The number of rotatable bonds is 6. The van der Waals surface area contributed by atoms with Gasteiger partial charge in [-0.1, -0.05) is 36.8 Å². The number of benzene rings is 1. The van der Waals surface area contributed by atoms with Crippen molar-refractivity contribution >= 4 is 5.97 Å². The summed E-state index contributed by atoms with van der Waals surface area (Å²) in [6.07, 6.45) is 3.35. The minimum atomic E-state index is -0.565. The quantitative estimate of drug-likeness (QED) is 0.756. The highest BCUT2D eigenvalue weighted by Crippen LogP contribution is 2.24. The van der Waals surface area contributed by atoms with E-state index in [1.807, 2.05) is 30.3 Å². The molecule has 0 aliphatic heterocycles. The van der Waals surface area contributed by atoms with E-state index in [0.717, 1.165) is 31.2 Å². The van der Waals surface area contributed by atoms with Crippen LogP contribution in [0, 0.1) is 0 Å². The van der Waals surface area contributed by atoms with E-state index in [1.165, 1.54) is 0 Å². The van der Waals surface area contributed by atoms with E-state index >= 15 is 0 Å². The largest absolute Gasteiger partial charge is 0.458 e. The van der Waals surface area contributed by atoms with Crippen LogP contribution < -0.4 is 0 Å². The monoisotopic (exact) mass is 292 g/mol. The van der Waals surface area contributed by atoms with E-state index in [4.69, 9.17) is 14.2 Å². The lowest BCUT2D eigenvalue weighted by Crippen LogP contribution is -2.38. The lowest BCUT2D eigenvalue weighted by atomic mass is 9.94. The average molecular weight is 292 g/mol. The van der Waals surface area contributed by atoms with Gasteiger partial charge in [-0.05, 0) is 31.7 Å². The summed E-state index contributed by atoms with van der Waals surface area (Å²) in [5.41, 5.74) is 1.05. The first-order valence-corrected chi connectivity index (χ1v) is 7.59. The first-order chi connectivity index (χ1) is 10.2. The van der Waals surface area contributed by atoms with E-state index in [0.29, 0.717) is 6.61 Å². The van der Waals surface area contributed by atoms with Crippen molar-refractivity contribution in [3.63, 3.8) is 0 Å². The van der Waals surface area contributed by atoms with Crippen molar-refractivity contribution in [2.45, 2.75) is 57.5 Å². The first kappa shape index (κ1) is 16.0. The first-order valence-electron chi connectivity index (χ1n) is 7.59. The summed E-state index contributed by atoms with van der Waals surface area (Å²) in [7, 11) is 1.67. The summed E-state index contributed by atoms with van der Waals surface area (Å²) in [6.45, 7) is 2.14. The topological polar surface area (TPSA) is 44.8 Å². The number of methoxy groups -OCH3 is 1. The molecule has 2 rings (SSSR count). The second-order valence-electron chi connectivity index (χ2n) is 5.47. The highest BCUT2D eigenvalue weighted by Gasteiger charge is 2.29. The van der Waals surface area contributed by atoms with Crippen molar-refractivity contribution in [2.75, 3.05) is 7.11 Å². The Bertz CT molecular complexity index is 432. The summed E-state index contributed by atoms with van der Waals surface area (Å²) in [4.78, 5) is 12.1. The molecule has 0 amide bonds. The zero-order valence-electron chi connectivity index (χ0n) is 12.8. The molecule has 1 aromatic rings. The molecule has 0 bridgehead atoms. The predicted octanol–water partition coefficient (Wildman–Crippen LogP) is 3.09. The maximum atomic E-state index is 12.1. The molecule has 0 N–H and O–H groups in total. The second kappa shape index (κ2) is 8.15. The van der Waals surface area contributed by atoms with Crippen molar-refractivity contribution in [1.82, 2.24) is 0 Å². The fraction of sp³-hybridized carbons (Fsp3) is 0.588. The van der Waals surface area contributed by atoms with Crippen LogP contribution in [0.5, 0.6) is 0 Å². The molecule has 1 saturated carbocycles. The molecular formula is C17H24O4. The van der Waals surface area contributed by atoms with Crippen LogP contribution in [-0.4, -0.2) is 31.4 Å². The number of carbonyl (C=O) groups excluding carboxylic acids is 1. The number of hydrogen-bond donors (Lipinski definition) is 0. The number of hydrogen-bond acceptors (Lipinski definition) is 4. The van der Waals surface area contributed by atoms with Crippen molar-refractivity contribution < 1.29 is 19.0 Å². The Morgan fingerprint density at radius 2 is 1.86 bits per heavy atom. The minimum absolute atomic E-state index is 0.0176. The van der Waals surface area contributed by atoms with Crippen LogP contribution in [0.3, 0.4) is 0 Å². The third kappa shape index (κ3) is 4.83. The van der Waals surface area contributed by atoms with Crippen LogP contribution >= 0.6 is 0 Å². The van der Waals surface area contributed by atoms with Gasteiger partial charge in [0, 0.05) is 7.11 Å². The molecule has 0 saturated heterocycles. The molecule has 1 aliphatic carbocycles. The van der Waals surface area contributed by atoms with Crippen molar-refractivity contribution in [2.24, 2.45) is 0 Å². The third-order valence-corrected chi connectivity index (χ3v) is 3.89. The summed E-state index contributed by atoms with van der Waals surface area (Å²) in [5, 5.41) is 0. The highest BCUT2D eigenvalue weighted by molar-refractivity contribution is 5.74. The molecule has 1 aliphatic rings. The number of carbonyl (C=O) groups is 1. The van der Waals surface area contributed by atoms with Gasteiger partial charge in [0.25, 0.3) is 0 Å². The van der Waals surface area contributed by atoms with Crippen LogP contribution in [0.2, 0.25) is 0 Å². The zero-order valence-corrected chi connectivity index (χ0v) is 12.8. The van der Waals surface area contributed by atoms with Gasteiger partial charge in [-0.15, -0.1) is 0 Å². The lowest BCUT2D eigenvalue weighted by molar-refractivity contribution is -0.171. The Balaban J connectivity index is 1.79. The number of ether oxygens (including phenoxy) is 3. The Kier molecular flexibility index (Phi) is 6.21. The Morgan fingerprint density at radius 3 is 2.52 bits per heavy atom. The van der Waals surface area contributed by atoms with E-state index < -0.39 is 6.10 Å². The van der Waals surface area contributed by atoms with Gasteiger partial charge in [0.15, 0.2) is 6.10 Å². The molecule has 116 valence electrons. The maximum absolute atomic E-state index is 12.1. The van der Waals surface area contributed by atoms with E-state index in [9.17, 15) is 4.79 Å². The Labute approximate surface area is 126 Å². The van der Waals surface area contributed by atoms with Crippen molar-refractivity contribution in [3.8, 4) is 0 Å². The molecular weight excluding hydrogens is 268 g/mol. The molecule has 3 unspecified atom stereocenters. The maximum Gasteiger partial charge on any atom is 0.335 e. The highest BCUT2D eigenvalue weighted by atomic mass is 16.6. The molecule has 0 spiro atoms. The molecule has 21 heavy (non-hydrogen) atoms. The Hall–Kier alpha value is -1.39. The van der Waals surface area contributed by atoms with Gasteiger partial charge in [0.05, 0.1) is 12.7 Å². The third-order valence-electron chi connectivity index (χ3n) is 3.89. The van der Waals surface area contributed by atoms with Crippen molar-refractivity contribution in [1.29, 1.82) is 0 Å². The standard InChI is InChI=1S/C17H24O4/c1-13(20-12-14-8-4-3-5-9-14)17(18)21-16-11-7-6-10-15(16)19-2/h3-5,8-9,13,15-16H,6-7,10-12H2,1-2H3. The molecule has 1 fully saturated rings. The SMILES string of the molecule is COC1CCCCC1OC(=O)C(C)OCc1ccccc1. The van der Waals surface area contributed by atoms with Crippen LogP contribution in [-0.2, 0) is 25.6 Å². The molecule has 0 aromatic heterocycles. The van der Waals surface area contributed by atoms with Crippen LogP contribution in [0.1, 0.15) is 38.2 Å². The smallest absolute Gasteiger partial charge is 0.335 e. The molecule has 0 radical (unpaired) electrons. The zero-order chi connectivity index (χ0) is 15.1. The molecule has 0 heterocycles. The molecule has 4 nitrogen and oxygen atoms in total. The number of esters is 1. The normalized spacial score (nSPS) is 23.5. The Morgan fingerprint density at radius 1 is 1.19 bits per heavy atom. The van der Waals surface area contributed by atoms with Gasteiger partial charge in [-0.3, -0.25) is 0 Å². The fourth-order valence-corrected chi connectivity index (χ4v) is 2.58. The van der Waals surface area contributed by atoms with Gasteiger partial charge in [-0.2, -0.15) is 0 Å². The minimum Gasteiger partial charge on any atom is -0.458 e. The van der Waals surface area contributed by atoms with Gasteiger partial charge < -0.3 is 14.2 Å².